The number of nitrogens with zero attached hydrogens (tertiary/aromatic N) is 4. The molecule has 5 nitrogen and oxygen atoms in total. The molecular formula is C16H22B3N5. The van der Waals surface area contributed by atoms with E-state index in [4.69, 9.17) is 4.98 Å². The van der Waals surface area contributed by atoms with Crippen LogP contribution in [0, 0.1) is 6.92 Å². The zero-order chi connectivity index (χ0) is 17.9. The minimum atomic E-state index is 0.0862. The second-order valence-corrected chi connectivity index (χ2v) is 5.89. The molecule has 24 heavy (non-hydrogen) atoms. The summed E-state index contributed by atoms with van der Waals surface area (Å²) in [5.41, 5.74) is 4.76. The van der Waals surface area contributed by atoms with E-state index in [0.717, 1.165) is 39.1 Å². The molecule has 0 aliphatic carbocycles. The van der Waals surface area contributed by atoms with Crippen molar-refractivity contribution in [1.82, 2.24) is 24.9 Å². The van der Waals surface area contributed by atoms with Gasteiger partial charge in [-0.25, -0.2) is 0 Å². The number of allylic oxidation sites excluding steroid dienone is 1. The number of aryl methyl sites for hydroxylation is 1. The van der Waals surface area contributed by atoms with Crippen LogP contribution in [0.2, 0.25) is 0 Å². The summed E-state index contributed by atoms with van der Waals surface area (Å²) in [5, 5.41) is 8.61. The number of hydrogen-bond donors (Lipinski definition) is 1. The van der Waals surface area contributed by atoms with Crippen LogP contribution >= 0.6 is 0 Å². The van der Waals surface area contributed by atoms with Crippen molar-refractivity contribution in [2.45, 2.75) is 33.7 Å². The van der Waals surface area contributed by atoms with Crippen LogP contribution in [0.3, 0.4) is 0 Å². The zero-order valence-electron chi connectivity index (χ0n) is 15.1. The normalized spacial score (nSPS) is 13.2. The van der Waals surface area contributed by atoms with Gasteiger partial charge in [0.2, 0.25) is 0 Å². The predicted octanol–water partition coefficient (Wildman–Crippen LogP) is 0.419. The van der Waals surface area contributed by atoms with E-state index in [0.29, 0.717) is 0 Å². The number of rotatable bonds is 6. The molecule has 1 N–H and O–H groups in total. The Kier molecular flexibility index (Phi) is 5.94. The quantitative estimate of drug-likeness (QED) is 0.785. The monoisotopic (exact) mass is 317 g/mol. The summed E-state index contributed by atoms with van der Waals surface area (Å²) < 4.78 is 1.87. The van der Waals surface area contributed by atoms with Crippen LogP contribution < -0.4 is 5.32 Å². The first-order chi connectivity index (χ1) is 11.4. The Morgan fingerprint density at radius 1 is 1.33 bits per heavy atom. The van der Waals surface area contributed by atoms with Gasteiger partial charge in [0, 0.05) is 0 Å². The zero-order valence-corrected chi connectivity index (χ0v) is 15.1. The third kappa shape index (κ3) is 3.59. The second-order valence-electron chi connectivity index (χ2n) is 5.89. The predicted molar refractivity (Wildman–Crippen MR) is 107 cm³/mol. The SMILES string of the molecule is C=BC(=BB=C(C)c1nc(C(C)NC)n2ncnc(C)c12)C(=C)C. The molecule has 2 rings (SSSR count). The van der Waals surface area contributed by atoms with Crippen molar-refractivity contribution in [1.29, 1.82) is 0 Å². The van der Waals surface area contributed by atoms with E-state index in [1.165, 1.54) is 0 Å². The fourth-order valence-corrected chi connectivity index (χ4v) is 2.46. The van der Waals surface area contributed by atoms with Gasteiger partial charge in [-0.2, -0.15) is 0 Å². The van der Waals surface area contributed by atoms with Crippen molar-refractivity contribution in [2.24, 2.45) is 0 Å². The fourth-order valence-electron chi connectivity index (χ4n) is 2.46. The van der Waals surface area contributed by atoms with E-state index in [1.54, 1.807) is 13.2 Å². The maximum absolute atomic E-state index is 4.82. The van der Waals surface area contributed by atoms with Gasteiger partial charge in [-0.05, 0) is 0 Å². The van der Waals surface area contributed by atoms with E-state index < -0.39 is 0 Å². The first-order valence-electron chi connectivity index (χ1n) is 7.95. The van der Waals surface area contributed by atoms with Gasteiger partial charge in [0.25, 0.3) is 0 Å². The summed E-state index contributed by atoms with van der Waals surface area (Å²) >= 11 is 0. The van der Waals surface area contributed by atoms with Crippen molar-refractivity contribution < 1.29 is 0 Å². The van der Waals surface area contributed by atoms with Gasteiger partial charge < -0.3 is 0 Å². The van der Waals surface area contributed by atoms with Crippen molar-refractivity contribution >= 4 is 43.4 Å². The molecule has 0 saturated heterocycles. The Balaban J connectivity index is 2.64. The van der Waals surface area contributed by atoms with E-state index in [1.807, 2.05) is 46.0 Å². The molecule has 2 heterocycles. The Hall–Kier alpha value is -1.95. The summed E-state index contributed by atoms with van der Waals surface area (Å²) in [6.45, 7) is 21.7. The fraction of sp³-hybridized carbons (Fsp3) is 0.375. The number of nitrogens with one attached hydrogen (secondary N) is 1. The average Bonchev–Trinajstić information content (AvgIpc) is 2.95. The maximum atomic E-state index is 4.82. The Labute approximate surface area is 145 Å². The molecule has 120 valence electrons. The van der Waals surface area contributed by atoms with Gasteiger partial charge in [0.15, 0.2) is 0 Å². The van der Waals surface area contributed by atoms with Crippen molar-refractivity contribution in [2.75, 3.05) is 7.05 Å². The molecule has 0 aliphatic heterocycles. The van der Waals surface area contributed by atoms with Gasteiger partial charge in [-0.3, -0.25) is 0 Å². The molecule has 1 unspecified atom stereocenters. The first-order valence-corrected chi connectivity index (χ1v) is 7.95. The number of hydrogen-bond acceptors (Lipinski definition) is 4. The molecule has 0 aromatic carbocycles. The van der Waals surface area contributed by atoms with E-state index in [9.17, 15) is 0 Å². The van der Waals surface area contributed by atoms with Crippen LogP contribution in [-0.4, -0.2) is 64.5 Å². The summed E-state index contributed by atoms with van der Waals surface area (Å²) in [7, 11) is 1.91. The minimum absolute atomic E-state index is 0.0862. The molecule has 0 bridgehead atoms. The number of aromatic nitrogens is 4. The molecule has 0 radical (unpaired) electrons. The second kappa shape index (κ2) is 7.75. The molecule has 0 spiro atoms. The van der Waals surface area contributed by atoms with E-state index in [2.05, 4.69) is 35.4 Å². The molecule has 0 saturated carbocycles. The third-order valence-corrected chi connectivity index (χ3v) is 4.06. The van der Waals surface area contributed by atoms with Gasteiger partial charge in [-0.1, -0.05) is 0 Å². The molecule has 8 heteroatoms. The number of imidazole rings is 1. The van der Waals surface area contributed by atoms with Crippen molar-refractivity contribution in [3.63, 3.8) is 0 Å². The topological polar surface area (TPSA) is 55.1 Å². The molecule has 2 aromatic rings. The van der Waals surface area contributed by atoms with Crippen molar-refractivity contribution in [3.05, 3.63) is 35.7 Å². The van der Waals surface area contributed by atoms with Crippen LogP contribution in [0.1, 0.15) is 44.0 Å². The van der Waals surface area contributed by atoms with E-state index >= 15 is 0 Å². The summed E-state index contributed by atoms with van der Waals surface area (Å²) in [5.74, 6) is 0.869. The Bertz CT molecular complexity index is 851. The molecule has 2 aromatic heterocycles. The molecule has 0 fully saturated rings. The van der Waals surface area contributed by atoms with Gasteiger partial charge >= 0.3 is 145 Å². The van der Waals surface area contributed by atoms with Crippen LogP contribution in [0.15, 0.2) is 18.5 Å². The summed E-state index contributed by atoms with van der Waals surface area (Å²) in [6.07, 6.45) is 1.56. The summed E-state index contributed by atoms with van der Waals surface area (Å²) in [4.78, 5) is 9.14. The third-order valence-electron chi connectivity index (χ3n) is 4.06. The summed E-state index contributed by atoms with van der Waals surface area (Å²) in [6, 6.07) is 0.0862. The molecular weight excluding hydrogens is 295 g/mol. The first kappa shape index (κ1) is 18.4. The molecule has 0 amide bonds. The van der Waals surface area contributed by atoms with Crippen LogP contribution in [-0.2, 0) is 0 Å². The van der Waals surface area contributed by atoms with E-state index in [-0.39, 0.29) is 6.04 Å². The Morgan fingerprint density at radius 3 is 2.62 bits per heavy atom. The Morgan fingerprint density at radius 2 is 2.04 bits per heavy atom. The van der Waals surface area contributed by atoms with Gasteiger partial charge in [0.05, 0.1) is 0 Å². The number of fused-ring (bicyclic) bond motifs is 1. The van der Waals surface area contributed by atoms with Crippen molar-refractivity contribution in [3.8, 4) is 0 Å². The standard InChI is InChI=1S/C16H22B3N5/c1-9(2)15(17-6)19-18-10(3)13-14-11(4)21-8-22-24(14)16(23-13)12(5)20-7/h8,12,20H,1,6H2,2-5,7H3. The van der Waals surface area contributed by atoms with Crippen LogP contribution in [0.5, 0.6) is 0 Å². The molecule has 0 aliphatic rings. The molecule has 1 atom stereocenters. The van der Waals surface area contributed by atoms with Crippen LogP contribution in [0.25, 0.3) is 5.52 Å². The van der Waals surface area contributed by atoms with Gasteiger partial charge in [0.1, 0.15) is 0 Å². The average molecular weight is 317 g/mol. The van der Waals surface area contributed by atoms with Gasteiger partial charge in [-0.15, -0.1) is 0 Å². The van der Waals surface area contributed by atoms with Crippen LogP contribution in [0.4, 0.5) is 0 Å².